The molecule has 63 heavy (non-hydrogen) atoms. The van der Waals surface area contributed by atoms with E-state index in [2.05, 4.69) is 38.2 Å². The van der Waals surface area contributed by atoms with Crippen LogP contribution in [0.3, 0.4) is 0 Å². The molecule has 3 atom stereocenters. The summed E-state index contributed by atoms with van der Waals surface area (Å²) < 4.78 is 32.9. The Balaban J connectivity index is 4.13. The summed E-state index contributed by atoms with van der Waals surface area (Å²) >= 11 is 0. The maximum absolute atomic E-state index is 12.7. The highest BCUT2D eigenvalue weighted by atomic mass is 31.2. The molecule has 0 aliphatic rings. The third-order valence-electron chi connectivity index (χ3n) is 11.6. The quantitative estimate of drug-likeness (QED) is 0.0233. The van der Waals surface area contributed by atoms with Gasteiger partial charge in [-0.05, 0) is 44.9 Å². The molecular weight excluding hydrogens is 816 g/mol. The number of hydrogen-bond donors (Lipinski definition) is 3. The minimum Gasteiger partial charge on any atom is -0.462 e. The highest BCUT2D eigenvalue weighted by molar-refractivity contribution is 7.47. The van der Waals surface area contributed by atoms with E-state index in [9.17, 15) is 24.2 Å². The van der Waals surface area contributed by atoms with Crippen molar-refractivity contribution < 1.29 is 47.8 Å². The number of allylic oxidation sites excluding steroid dienone is 4. The minimum absolute atomic E-state index is 0.183. The number of hydrogen-bond acceptors (Lipinski definition) is 9. The molecule has 0 aromatic carbocycles. The summed E-state index contributed by atoms with van der Waals surface area (Å²) in [6, 6.07) is 0. The van der Waals surface area contributed by atoms with Gasteiger partial charge in [0.1, 0.15) is 12.7 Å². The predicted octanol–water partition coefficient (Wildman–Crippen LogP) is 14.9. The van der Waals surface area contributed by atoms with Crippen molar-refractivity contribution in [3.8, 4) is 0 Å². The van der Waals surface area contributed by atoms with Gasteiger partial charge in [-0.25, -0.2) is 4.57 Å². The molecule has 0 fully saturated rings. The number of esters is 2. The Morgan fingerprint density at radius 2 is 0.825 bits per heavy atom. The maximum atomic E-state index is 12.7. The van der Waals surface area contributed by atoms with E-state index >= 15 is 0 Å². The molecule has 1 unspecified atom stereocenters. The Hall–Kier alpha value is -1.55. The standard InChI is InChI=1S/C52H99O10P/c1-3-5-7-9-11-13-15-17-19-21-23-24-26-27-29-31-33-35-37-39-41-43-51(55)59-47-50(48-61-63(57,58)60-46-49(54)45-53)62-52(56)44-42-40-38-36-34-32-30-28-25-22-20-18-16-14-12-10-8-6-4-2/h12,14,18,20,49-50,53-54H,3-11,13,15-17,19,21-48H2,1-2H3,(H,57,58)/b14-12+,20-18+/t49-,50+/m0/s1. The zero-order valence-electron chi connectivity index (χ0n) is 40.8. The summed E-state index contributed by atoms with van der Waals surface area (Å²) in [6.07, 6.45) is 51.4. The van der Waals surface area contributed by atoms with Crippen LogP contribution in [0, 0.1) is 0 Å². The lowest BCUT2D eigenvalue weighted by molar-refractivity contribution is -0.161. The van der Waals surface area contributed by atoms with Crippen molar-refractivity contribution in [2.45, 2.75) is 270 Å². The fraction of sp³-hybridized carbons (Fsp3) is 0.885. The van der Waals surface area contributed by atoms with Gasteiger partial charge < -0.3 is 24.6 Å². The smallest absolute Gasteiger partial charge is 0.462 e. The largest absolute Gasteiger partial charge is 0.472 e. The first-order chi connectivity index (χ1) is 30.7. The van der Waals surface area contributed by atoms with Gasteiger partial charge in [0.05, 0.1) is 19.8 Å². The summed E-state index contributed by atoms with van der Waals surface area (Å²) in [5.74, 6) is -0.915. The Bertz CT molecular complexity index is 1100. The molecule has 0 amide bonds. The van der Waals surface area contributed by atoms with E-state index in [1.807, 2.05) is 0 Å². The minimum atomic E-state index is -4.62. The Morgan fingerprint density at radius 3 is 1.25 bits per heavy atom. The first-order valence-electron chi connectivity index (χ1n) is 26.3. The van der Waals surface area contributed by atoms with Crippen LogP contribution in [-0.2, 0) is 32.7 Å². The fourth-order valence-corrected chi connectivity index (χ4v) is 8.35. The predicted molar refractivity (Wildman–Crippen MR) is 261 cm³/mol. The molecular formula is C52H99O10P. The Kier molecular flexibility index (Phi) is 47.2. The van der Waals surface area contributed by atoms with Crippen LogP contribution in [0.4, 0.5) is 0 Å². The third kappa shape index (κ3) is 48.2. The molecule has 0 rings (SSSR count). The van der Waals surface area contributed by atoms with Crippen molar-refractivity contribution in [2.24, 2.45) is 0 Å². The number of unbranched alkanes of at least 4 members (excludes halogenated alkanes) is 32. The number of ether oxygens (including phenoxy) is 2. The lowest BCUT2D eigenvalue weighted by atomic mass is 10.0. The van der Waals surface area contributed by atoms with Crippen LogP contribution in [-0.4, -0.2) is 65.7 Å². The number of aliphatic hydroxyl groups excluding tert-OH is 2. The van der Waals surface area contributed by atoms with Gasteiger partial charge in [0, 0.05) is 12.8 Å². The van der Waals surface area contributed by atoms with Crippen LogP contribution in [0.5, 0.6) is 0 Å². The molecule has 0 spiro atoms. The van der Waals surface area contributed by atoms with Crippen molar-refractivity contribution in [2.75, 3.05) is 26.4 Å². The molecule has 10 nitrogen and oxygen atoms in total. The van der Waals surface area contributed by atoms with E-state index in [4.69, 9.17) is 23.6 Å². The zero-order valence-corrected chi connectivity index (χ0v) is 41.7. The number of rotatable bonds is 50. The maximum Gasteiger partial charge on any atom is 0.472 e. The summed E-state index contributed by atoms with van der Waals surface area (Å²) in [4.78, 5) is 35.2. The van der Waals surface area contributed by atoms with Crippen LogP contribution in [0.25, 0.3) is 0 Å². The zero-order chi connectivity index (χ0) is 46.2. The number of carbonyl (C=O) groups excluding carboxylic acids is 2. The number of carbonyl (C=O) groups is 2. The van der Waals surface area contributed by atoms with E-state index in [1.54, 1.807) is 0 Å². The van der Waals surface area contributed by atoms with Crippen LogP contribution >= 0.6 is 7.82 Å². The van der Waals surface area contributed by atoms with Crippen molar-refractivity contribution >= 4 is 19.8 Å². The molecule has 3 N–H and O–H groups in total. The lowest BCUT2D eigenvalue weighted by Gasteiger charge is -2.20. The Labute approximate surface area is 387 Å². The van der Waals surface area contributed by atoms with Crippen molar-refractivity contribution in [3.63, 3.8) is 0 Å². The van der Waals surface area contributed by atoms with E-state index in [1.165, 1.54) is 167 Å². The highest BCUT2D eigenvalue weighted by Crippen LogP contribution is 2.43. The molecule has 0 aromatic rings. The van der Waals surface area contributed by atoms with Gasteiger partial charge in [0.25, 0.3) is 0 Å². The van der Waals surface area contributed by atoms with Gasteiger partial charge in [0.15, 0.2) is 6.10 Å². The molecule has 0 saturated carbocycles. The molecule has 0 saturated heterocycles. The highest BCUT2D eigenvalue weighted by Gasteiger charge is 2.27. The number of aliphatic hydroxyl groups is 2. The molecule has 0 heterocycles. The average molecular weight is 915 g/mol. The van der Waals surface area contributed by atoms with Crippen LogP contribution < -0.4 is 0 Å². The second-order valence-corrected chi connectivity index (χ2v) is 19.4. The van der Waals surface area contributed by atoms with Crippen molar-refractivity contribution in [3.05, 3.63) is 24.3 Å². The fourth-order valence-electron chi connectivity index (χ4n) is 7.56. The number of phosphoric acid groups is 1. The van der Waals surface area contributed by atoms with Crippen LogP contribution in [0.1, 0.15) is 258 Å². The van der Waals surface area contributed by atoms with Crippen LogP contribution in [0.2, 0.25) is 0 Å². The van der Waals surface area contributed by atoms with Gasteiger partial charge in [-0.15, -0.1) is 0 Å². The summed E-state index contributed by atoms with van der Waals surface area (Å²) in [5, 5.41) is 18.4. The first kappa shape index (κ1) is 61.5. The molecule has 0 aliphatic heterocycles. The monoisotopic (exact) mass is 915 g/mol. The molecule has 11 heteroatoms. The SMILES string of the molecule is CCCCC/C=C/C/C=C/CCCCCCCCCCCC(=O)O[C@H](COC(=O)CCCCCCCCCCCCCCCCCCCCCCC)COP(=O)(O)OC[C@@H](O)CO. The summed E-state index contributed by atoms with van der Waals surface area (Å²) in [5.41, 5.74) is 0. The topological polar surface area (TPSA) is 149 Å². The van der Waals surface area contributed by atoms with Gasteiger partial charge in [-0.3, -0.25) is 18.6 Å². The van der Waals surface area contributed by atoms with Crippen LogP contribution in [0.15, 0.2) is 24.3 Å². The van der Waals surface area contributed by atoms with Gasteiger partial charge in [-0.2, -0.15) is 0 Å². The van der Waals surface area contributed by atoms with E-state index in [0.717, 1.165) is 51.4 Å². The molecule has 0 aliphatic carbocycles. The van der Waals surface area contributed by atoms with E-state index in [0.29, 0.717) is 12.8 Å². The second kappa shape index (κ2) is 48.4. The first-order valence-corrected chi connectivity index (χ1v) is 27.8. The van der Waals surface area contributed by atoms with E-state index in [-0.39, 0.29) is 19.4 Å². The molecule has 372 valence electrons. The van der Waals surface area contributed by atoms with Crippen molar-refractivity contribution in [1.29, 1.82) is 0 Å². The van der Waals surface area contributed by atoms with Gasteiger partial charge in [-0.1, -0.05) is 224 Å². The normalized spacial score (nSPS) is 13.8. The summed E-state index contributed by atoms with van der Waals surface area (Å²) in [7, 11) is -4.62. The lowest BCUT2D eigenvalue weighted by Crippen LogP contribution is -2.29. The third-order valence-corrected chi connectivity index (χ3v) is 12.6. The number of phosphoric ester groups is 1. The summed E-state index contributed by atoms with van der Waals surface area (Å²) in [6.45, 7) is 2.41. The van der Waals surface area contributed by atoms with Crippen molar-refractivity contribution in [1.82, 2.24) is 0 Å². The Morgan fingerprint density at radius 1 is 0.476 bits per heavy atom. The molecule has 0 aromatic heterocycles. The average Bonchev–Trinajstić information content (AvgIpc) is 3.27. The van der Waals surface area contributed by atoms with Gasteiger partial charge >= 0.3 is 19.8 Å². The molecule has 0 radical (unpaired) electrons. The van der Waals surface area contributed by atoms with E-state index < -0.39 is 51.8 Å². The molecule has 0 bridgehead atoms. The van der Waals surface area contributed by atoms with Gasteiger partial charge in [0.2, 0.25) is 0 Å². The second-order valence-electron chi connectivity index (χ2n) is 17.9.